The quantitative estimate of drug-likeness (QED) is 0.174. The van der Waals surface area contributed by atoms with Gasteiger partial charge in [-0.25, -0.2) is 0 Å². The highest BCUT2D eigenvalue weighted by Gasteiger charge is 2.42. The van der Waals surface area contributed by atoms with Crippen molar-refractivity contribution in [2.24, 2.45) is 0 Å². The van der Waals surface area contributed by atoms with E-state index in [2.05, 4.69) is 39.8 Å². The fourth-order valence-corrected chi connectivity index (χ4v) is 6.98. The summed E-state index contributed by atoms with van der Waals surface area (Å²) in [7, 11) is 5.10. The number of nitrogens with zero attached hydrogens (tertiary/aromatic N) is 2. The Balaban J connectivity index is 1.28. The largest absolute Gasteiger partial charge is 0.507 e. The first-order chi connectivity index (χ1) is 22.2. The van der Waals surface area contributed by atoms with E-state index >= 15 is 0 Å². The summed E-state index contributed by atoms with van der Waals surface area (Å²) in [6.45, 7) is 5.92. The molecule has 248 valence electrons. The van der Waals surface area contributed by atoms with Crippen LogP contribution in [0.15, 0.2) is 66.7 Å². The van der Waals surface area contributed by atoms with E-state index in [1.165, 1.54) is 7.11 Å². The number of benzene rings is 3. The molecule has 46 heavy (non-hydrogen) atoms. The van der Waals surface area contributed by atoms with E-state index in [0.717, 1.165) is 56.4 Å². The lowest BCUT2D eigenvalue weighted by atomic mass is 9.71. The smallest absolute Gasteiger partial charge is 0.258 e. The number of aromatic hydroxyl groups is 1. The van der Waals surface area contributed by atoms with Gasteiger partial charge in [-0.1, -0.05) is 79.2 Å². The van der Waals surface area contributed by atoms with Crippen LogP contribution in [-0.2, 0) is 16.6 Å². The third-order valence-corrected chi connectivity index (χ3v) is 9.41. The van der Waals surface area contributed by atoms with E-state index in [-0.39, 0.29) is 34.9 Å². The Kier molecular flexibility index (Phi) is 12.9. The highest BCUT2D eigenvalue weighted by atomic mass is 35.5. The average molecular weight is 649 g/mol. The summed E-state index contributed by atoms with van der Waals surface area (Å²) in [5.41, 5.74) is 1.95. The number of aryl methyl sites for hydroxylation is 1. The predicted molar refractivity (Wildman–Crippen MR) is 185 cm³/mol. The van der Waals surface area contributed by atoms with Gasteiger partial charge in [-0.05, 0) is 87.5 Å². The molecule has 1 saturated heterocycles. The highest BCUT2D eigenvalue weighted by Crippen LogP contribution is 2.39. The van der Waals surface area contributed by atoms with Crippen LogP contribution in [0.25, 0.3) is 0 Å². The Morgan fingerprint density at radius 2 is 1.70 bits per heavy atom. The van der Waals surface area contributed by atoms with Crippen molar-refractivity contribution < 1.29 is 19.4 Å². The summed E-state index contributed by atoms with van der Waals surface area (Å²) in [5.74, 6) is -0.181. The molecule has 1 heterocycles. The van der Waals surface area contributed by atoms with Gasteiger partial charge in [-0.2, -0.15) is 0 Å². The number of methoxy groups -OCH3 is 1. The molecule has 0 aliphatic carbocycles. The summed E-state index contributed by atoms with van der Waals surface area (Å²) >= 11 is 6.34. The Bertz CT molecular complexity index is 1390. The van der Waals surface area contributed by atoms with E-state index < -0.39 is 5.41 Å². The van der Waals surface area contributed by atoms with Gasteiger partial charge in [0.2, 0.25) is 5.91 Å². The molecule has 8 nitrogen and oxygen atoms in total. The zero-order chi connectivity index (χ0) is 33.1. The fraction of sp³-hybridized carbons (Fsp3) is 0.459. The summed E-state index contributed by atoms with van der Waals surface area (Å²) in [4.78, 5) is 31.1. The first-order valence-corrected chi connectivity index (χ1v) is 16.8. The normalized spacial score (nSPS) is 15.1. The zero-order valence-corrected chi connectivity index (χ0v) is 28.4. The molecule has 1 aliphatic rings. The molecule has 1 aliphatic heterocycles. The number of phenols is 1. The number of likely N-dealkylation sites (N-methyl/N-ethyl adjacent to an activating group) is 1. The lowest BCUT2D eigenvalue weighted by Crippen LogP contribution is -2.46. The molecule has 3 aromatic carbocycles. The van der Waals surface area contributed by atoms with Crippen molar-refractivity contribution in [1.29, 1.82) is 0 Å². The molecule has 1 atom stereocenters. The standard InChI is InChI=1S/C37H49ClN4O4/c1-5-27-25-31(38)34(46-4)32(33(27)43)35(44)40-26-30-19-14-24-42(30)23-13-12-21-39-22-20-37(36(45)41(2)3,28-15-8-6-9-16-28)29-17-10-7-11-18-29/h6-11,15-18,25,30,39,43H,5,12-14,19-24,26H2,1-4H3,(H,40,44). The van der Waals surface area contributed by atoms with E-state index in [1.807, 2.05) is 57.4 Å². The summed E-state index contributed by atoms with van der Waals surface area (Å²) in [6, 6.07) is 22.1. The number of nitrogens with one attached hydrogen (secondary N) is 2. The molecule has 0 radical (unpaired) electrons. The maximum atomic E-state index is 13.8. The number of phenolic OH excluding ortho intramolecular Hbond substituents is 1. The third kappa shape index (κ3) is 8.03. The maximum absolute atomic E-state index is 13.8. The van der Waals surface area contributed by atoms with Crippen molar-refractivity contribution in [1.82, 2.24) is 20.4 Å². The molecule has 0 spiro atoms. The van der Waals surface area contributed by atoms with Gasteiger partial charge in [0.05, 0.1) is 12.1 Å². The van der Waals surface area contributed by atoms with Crippen LogP contribution in [0.1, 0.15) is 66.1 Å². The number of hydrogen-bond acceptors (Lipinski definition) is 6. The lowest BCUT2D eigenvalue weighted by molar-refractivity contribution is -0.133. The monoisotopic (exact) mass is 648 g/mol. The predicted octanol–water partition coefficient (Wildman–Crippen LogP) is 5.65. The van der Waals surface area contributed by atoms with Crippen LogP contribution in [0.3, 0.4) is 0 Å². The number of carbonyl (C=O) groups is 2. The number of unbranched alkanes of at least 4 members (excludes halogenated alkanes) is 1. The van der Waals surface area contributed by atoms with E-state index in [9.17, 15) is 14.7 Å². The average Bonchev–Trinajstić information content (AvgIpc) is 3.53. The molecule has 0 bridgehead atoms. The maximum Gasteiger partial charge on any atom is 0.258 e. The Morgan fingerprint density at radius 1 is 1.04 bits per heavy atom. The Labute approximate surface area is 279 Å². The topological polar surface area (TPSA) is 94.1 Å². The first-order valence-electron chi connectivity index (χ1n) is 16.4. The van der Waals surface area contributed by atoms with Crippen molar-refractivity contribution in [3.8, 4) is 11.5 Å². The molecule has 0 aromatic heterocycles. The minimum Gasteiger partial charge on any atom is -0.507 e. The van der Waals surface area contributed by atoms with Crippen LogP contribution in [0.2, 0.25) is 5.02 Å². The van der Waals surface area contributed by atoms with Gasteiger partial charge < -0.3 is 25.4 Å². The molecule has 1 fully saturated rings. The molecule has 3 N–H and O–H groups in total. The van der Waals surface area contributed by atoms with Crippen LogP contribution in [0.5, 0.6) is 11.5 Å². The summed E-state index contributed by atoms with van der Waals surface area (Å²) in [6.07, 6.45) is 5.34. The minimum atomic E-state index is -0.768. The Morgan fingerprint density at radius 3 is 2.28 bits per heavy atom. The highest BCUT2D eigenvalue weighted by molar-refractivity contribution is 6.33. The van der Waals surface area contributed by atoms with E-state index in [1.54, 1.807) is 11.0 Å². The molecule has 9 heteroatoms. The SMILES string of the molecule is CCc1cc(Cl)c(OC)c(C(=O)NCC2CCCN2CCCCNCCC(C(=O)N(C)C)(c2ccccc2)c2ccccc2)c1O. The summed E-state index contributed by atoms with van der Waals surface area (Å²) < 4.78 is 5.36. The molecule has 4 rings (SSSR count). The molecular formula is C37H49ClN4O4. The van der Waals surface area contributed by atoms with E-state index in [0.29, 0.717) is 36.5 Å². The molecular weight excluding hydrogens is 600 g/mol. The van der Waals surface area contributed by atoms with Gasteiger partial charge in [-0.3, -0.25) is 14.5 Å². The van der Waals surface area contributed by atoms with Crippen LogP contribution in [-0.4, -0.2) is 86.7 Å². The second-order valence-corrected chi connectivity index (χ2v) is 12.6. The van der Waals surface area contributed by atoms with Crippen LogP contribution >= 0.6 is 11.6 Å². The number of carbonyl (C=O) groups excluding carboxylic acids is 2. The van der Waals surface area contributed by atoms with Gasteiger partial charge in [0.25, 0.3) is 5.91 Å². The van der Waals surface area contributed by atoms with E-state index in [4.69, 9.17) is 16.3 Å². The van der Waals surface area contributed by atoms with Crippen LogP contribution < -0.4 is 15.4 Å². The fourth-order valence-electron chi connectivity index (χ4n) is 6.68. The van der Waals surface area contributed by atoms with Crippen molar-refractivity contribution >= 4 is 23.4 Å². The van der Waals surface area contributed by atoms with Crippen molar-refractivity contribution in [3.63, 3.8) is 0 Å². The van der Waals surface area contributed by atoms with Gasteiger partial charge >= 0.3 is 0 Å². The van der Waals surface area contributed by atoms with Crippen molar-refractivity contribution in [3.05, 3.63) is 94.0 Å². The number of halogens is 1. The number of rotatable bonds is 16. The number of ether oxygens (including phenoxy) is 1. The number of likely N-dealkylation sites (tertiary alicyclic amines) is 1. The van der Waals surface area contributed by atoms with Gasteiger partial charge in [0.1, 0.15) is 16.7 Å². The van der Waals surface area contributed by atoms with Crippen LogP contribution in [0.4, 0.5) is 0 Å². The molecule has 0 saturated carbocycles. The zero-order valence-electron chi connectivity index (χ0n) is 27.7. The van der Waals surface area contributed by atoms with Gasteiger partial charge in [-0.15, -0.1) is 0 Å². The third-order valence-electron chi connectivity index (χ3n) is 9.13. The number of amides is 2. The second kappa shape index (κ2) is 16.8. The lowest BCUT2D eigenvalue weighted by Gasteiger charge is -2.36. The van der Waals surface area contributed by atoms with Crippen LogP contribution in [0, 0.1) is 0 Å². The first kappa shape index (κ1) is 35.3. The molecule has 3 aromatic rings. The van der Waals surface area contributed by atoms with Crippen molar-refractivity contribution in [2.75, 3.05) is 53.9 Å². The van der Waals surface area contributed by atoms with Gasteiger partial charge in [0.15, 0.2) is 5.75 Å². The molecule has 1 unspecified atom stereocenters. The molecule has 2 amide bonds. The number of hydrogen-bond donors (Lipinski definition) is 3. The second-order valence-electron chi connectivity index (χ2n) is 12.2. The Hall–Kier alpha value is -3.59. The van der Waals surface area contributed by atoms with Crippen molar-refractivity contribution in [2.45, 2.75) is 56.9 Å². The minimum absolute atomic E-state index is 0.0760. The van der Waals surface area contributed by atoms with Gasteiger partial charge in [0, 0.05) is 26.7 Å². The summed E-state index contributed by atoms with van der Waals surface area (Å²) in [5, 5.41) is 17.7.